The lowest BCUT2D eigenvalue weighted by Crippen LogP contribution is -2.41. The van der Waals surface area contributed by atoms with Crippen molar-refractivity contribution in [2.24, 2.45) is 10.9 Å². The Labute approximate surface area is 176 Å². The standard InChI is InChI=1S/C18H25N7O.HI/c1-2-20-18(22-8-7-21-17(26)15-4-5-15)24-12-14-3-6-16(23-11-14)25-10-9-19-13-25;/h3,6,9-11,13,15H,2,4-5,7-8,12H2,1H3,(H,21,26)(H2,20,22,24);1H. The van der Waals surface area contributed by atoms with E-state index in [4.69, 9.17) is 0 Å². The summed E-state index contributed by atoms with van der Waals surface area (Å²) in [6, 6.07) is 3.95. The molecule has 1 amide bonds. The summed E-state index contributed by atoms with van der Waals surface area (Å²) in [6.45, 7) is 4.57. The molecule has 0 aliphatic heterocycles. The van der Waals surface area contributed by atoms with Gasteiger partial charge in [0, 0.05) is 44.1 Å². The maximum Gasteiger partial charge on any atom is 0.223 e. The molecule has 0 bridgehead atoms. The van der Waals surface area contributed by atoms with Gasteiger partial charge in [-0.25, -0.2) is 15.0 Å². The van der Waals surface area contributed by atoms with Gasteiger partial charge in [0.25, 0.3) is 0 Å². The average molecular weight is 483 g/mol. The van der Waals surface area contributed by atoms with Crippen molar-refractivity contribution in [1.82, 2.24) is 30.5 Å². The third kappa shape index (κ3) is 6.81. The third-order valence-electron chi connectivity index (χ3n) is 4.01. The van der Waals surface area contributed by atoms with E-state index in [0.29, 0.717) is 19.6 Å². The molecule has 3 N–H and O–H groups in total. The van der Waals surface area contributed by atoms with Crippen LogP contribution >= 0.6 is 24.0 Å². The second-order valence-electron chi connectivity index (χ2n) is 6.18. The molecule has 2 aromatic rings. The summed E-state index contributed by atoms with van der Waals surface area (Å²) < 4.78 is 1.86. The zero-order valence-corrected chi connectivity index (χ0v) is 17.7. The minimum Gasteiger partial charge on any atom is -0.357 e. The van der Waals surface area contributed by atoms with E-state index >= 15 is 0 Å². The summed E-state index contributed by atoms with van der Waals surface area (Å²) >= 11 is 0. The Kier molecular flexibility index (Phi) is 8.49. The highest BCUT2D eigenvalue weighted by atomic mass is 127. The Bertz CT molecular complexity index is 727. The molecular formula is C18H26IN7O. The van der Waals surface area contributed by atoms with Crippen LogP contribution in [0.4, 0.5) is 0 Å². The van der Waals surface area contributed by atoms with Crippen LogP contribution in [0.1, 0.15) is 25.3 Å². The second kappa shape index (κ2) is 10.9. The average Bonchev–Trinajstić information content (AvgIpc) is 3.38. The second-order valence-corrected chi connectivity index (χ2v) is 6.18. The van der Waals surface area contributed by atoms with E-state index < -0.39 is 0 Å². The summed E-state index contributed by atoms with van der Waals surface area (Å²) in [7, 11) is 0. The summed E-state index contributed by atoms with van der Waals surface area (Å²) in [5, 5.41) is 9.37. The van der Waals surface area contributed by atoms with Crippen LogP contribution in [-0.2, 0) is 11.3 Å². The molecule has 146 valence electrons. The smallest absolute Gasteiger partial charge is 0.223 e. The van der Waals surface area contributed by atoms with Crippen LogP contribution in [0.5, 0.6) is 0 Å². The molecule has 1 fully saturated rings. The van der Waals surface area contributed by atoms with Gasteiger partial charge in [-0.1, -0.05) is 6.07 Å². The Morgan fingerprint density at radius 2 is 2.07 bits per heavy atom. The normalized spacial score (nSPS) is 13.6. The summed E-state index contributed by atoms with van der Waals surface area (Å²) in [6.07, 6.45) is 9.17. The summed E-state index contributed by atoms with van der Waals surface area (Å²) in [5.41, 5.74) is 1.02. The molecule has 2 aromatic heterocycles. The first-order chi connectivity index (χ1) is 12.8. The van der Waals surface area contributed by atoms with Crippen LogP contribution in [0, 0.1) is 5.92 Å². The van der Waals surface area contributed by atoms with Crippen molar-refractivity contribution in [2.75, 3.05) is 19.6 Å². The molecule has 1 saturated carbocycles. The Balaban J connectivity index is 0.00000261. The molecule has 8 nitrogen and oxygen atoms in total. The van der Waals surface area contributed by atoms with E-state index in [2.05, 4.69) is 30.9 Å². The molecule has 0 spiro atoms. The molecule has 0 saturated heterocycles. The minimum atomic E-state index is 0. The summed E-state index contributed by atoms with van der Waals surface area (Å²) in [4.78, 5) is 24.6. The number of nitrogens with zero attached hydrogens (tertiary/aromatic N) is 4. The van der Waals surface area contributed by atoms with Crippen molar-refractivity contribution in [3.63, 3.8) is 0 Å². The van der Waals surface area contributed by atoms with Gasteiger partial charge in [0.15, 0.2) is 5.96 Å². The zero-order chi connectivity index (χ0) is 18.2. The molecule has 1 aliphatic carbocycles. The lowest BCUT2D eigenvalue weighted by Gasteiger charge is -2.12. The number of amides is 1. The van der Waals surface area contributed by atoms with Gasteiger partial charge < -0.3 is 16.0 Å². The number of carbonyl (C=O) groups excluding carboxylic acids is 1. The molecule has 0 atom stereocenters. The maximum atomic E-state index is 11.6. The predicted molar refractivity (Wildman–Crippen MR) is 115 cm³/mol. The van der Waals surface area contributed by atoms with Crippen molar-refractivity contribution >= 4 is 35.8 Å². The highest BCUT2D eigenvalue weighted by Crippen LogP contribution is 2.28. The Hall–Kier alpha value is -2.17. The van der Waals surface area contributed by atoms with Gasteiger partial charge in [0.05, 0.1) is 6.54 Å². The lowest BCUT2D eigenvalue weighted by molar-refractivity contribution is -0.122. The zero-order valence-electron chi connectivity index (χ0n) is 15.4. The fraction of sp³-hybridized carbons (Fsp3) is 0.444. The van der Waals surface area contributed by atoms with Crippen LogP contribution in [-0.4, -0.2) is 46.0 Å². The molecule has 0 radical (unpaired) electrons. The van der Waals surface area contributed by atoms with Crippen LogP contribution in [0.15, 0.2) is 42.0 Å². The minimum absolute atomic E-state index is 0. The van der Waals surface area contributed by atoms with E-state index in [9.17, 15) is 4.79 Å². The molecule has 27 heavy (non-hydrogen) atoms. The maximum absolute atomic E-state index is 11.6. The number of carbonyl (C=O) groups is 1. The van der Waals surface area contributed by atoms with Gasteiger partial charge in [0.1, 0.15) is 12.1 Å². The van der Waals surface area contributed by atoms with E-state index in [0.717, 1.165) is 36.7 Å². The number of aliphatic imine (C=N–C) groups is 1. The number of guanidine groups is 1. The van der Waals surface area contributed by atoms with E-state index in [1.807, 2.05) is 36.0 Å². The number of hydrogen-bond acceptors (Lipinski definition) is 4. The van der Waals surface area contributed by atoms with Crippen molar-refractivity contribution in [3.8, 4) is 5.82 Å². The molecule has 9 heteroatoms. The van der Waals surface area contributed by atoms with Crippen molar-refractivity contribution < 1.29 is 4.79 Å². The first-order valence-electron chi connectivity index (χ1n) is 8.99. The van der Waals surface area contributed by atoms with Crippen molar-refractivity contribution in [3.05, 3.63) is 42.6 Å². The third-order valence-corrected chi connectivity index (χ3v) is 4.01. The van der Waals surface area contributed by atoms with E-state index in [1.165, 1.54) is 0 Å². The number of aromatic nitrogens is 3. The Morgan fingerprint density at radius 1 is 1.26 bits per heavy atom. The van der Waals surface area contributed by atoms with Crippen molar-refractivity contribution in [1.29, 1.82) is 0 Å². The summed E-state index contributed by atoms with van der Waals surface area (Å²) in [5.74, 6) is 1.96. The van der Waals surface area contributed by atoms with Gasteiger partial charge in [0.2, 0.25) is 5.91 Å². The number of pyridine rings is 1. The quantitative estimate of drug-likeness (QED) is 0.229. The molecule has 3 rings (SSSR count). The van der Waals surface area contributed by atoms with Gasteiger partial charge in [-0.15, -0.1) is 24.0 Å². The number of imidazole rings is 1. The molecule has 0 unspecified atom stereocenters. The SMILES string of the molecule is CCNC(=NCc1ccc(-n2ccnc2)nc1)NCCNC(=O)C1CC1.I. The number of halogens is 1. The van der Waals surface area contributed by atoms with E-state index in [1.54, 1.807) is 12.5 Å². The monoisotopic (exact) mass is 483 g/mol. The predicted octanol–water partition coefficient (Wildman–Crippen LogP) is 1.47. The molecule has 2 heterocycles. The topological polar surface area (TPSA) is 96.2 Å². The largest absolute Gasteiger partial charge is 0.357 e. The highest BCUT2D eigenvalue weighted by molar-refractivity contribution is 14.0. The van der Waals surface area contributed by atoms with E-state index in [-0.39, 0.29) is 35.8 Å². The first kappa shape index (κ1) is 21.1. The van der Waals surface area contributed by atoms with Gasteiger partial charge in [-0.3, -0.25) is 9.36 Å². The number of hydrogen-bond donors (Lipinski definition) is 3. The highest BCUT2D eigenvalue weighted by Gasteiger charge is 2.28. The van der Waals surface area contributed by atoms with Gasteiger partial charge in [-0.05, 0) is 31.4 Å². The van der Waals surface area contributed by atoms with Gasteiger partial charge in [-0.2, -0.15) is 0 Å². The number of rotatable bonds is 8. The fourth-order valence-electron chi connectivity index (χ4n) is 2.43. The van der Waals surface area contributed by atoms with Gasteiger partial charge >= 0.3 is 0 Å². The molecule has 0 aromatic carbocycles. The molecular weight excluding hydrogens is 457 g/mol. The molecule has 1 aliphatic rings. The van der Waals surface area contributed by atoms with Crippen molar-refractivity contribution in [2.45, 2.75) is 26.3 Å². The van der Waals surface area contributed by atoms with Crippen LogP contribution < -0.4 is 16.0 Å². The Morgan fingerprint density at radius 3 is 2.70 bits per heavy atom. The van der Waals surface area contributed by atoms with Crippen LogP contribution in [0.3, 0.4) is 0 Å². The lowest BCUT2D eigenvalue weighted by atomic mass is 10.3. The van der Waals surface area contributed by atoms with Crippen LogP contribution in [0.25, 0.3) is 5.82 Å². The fourth-order valence-corrected chi connectivity index (χ4v) is 2.43. The number of nitrogens with one attached hydrogen (secondary N) is 3. The first-order valence-corrected chi connectivity index (χ1v) is 8.99. The van der Waals surface area contributed by atoms with Crippen LogP contribution in [0.2, 0.25) is 0 Å².